The number of carbonyl (C=O) groups is 2. The van der Waals surface area contributed by atoms with Gasteiger partial charge in [-0.2, -0.15) is 0 Å². The maximum absolute atomic E-state index is 12.6. The van der Waals surface area contributed by atoms with Crippen molar-refractivity contribution in [1.82, 2.24) is 14.8 Å². The van der Waals surface area contributed by atoms with Gasteiger partial charge in [0.15, 0.2) is 0 Å². The molecule has 0 spiro atoms. The fourth-order valence-corrected chi connectivity index (χ4v) is 4.66. The van der Waals surface area contributed by atoms with E-state index in [0.717, 1.165) is 50.0 Å². The van der Waals surface area contributed by atoms with E-state index in [1.807, 2.05) is 36.1 Å². The highest BCUT2D eigenvalue weighted by molar-refractivity contribution is 5.92. The smallest absolute Gasteiger partial charge is 0.323 e. The summed E-state index contributed by atoms with van der Waals surface area (Å²) < 4.78 is 11.6. The molecule has 2 aliphatic rings. The Kier molecular flexibility index (Phi) is 7.94. The Morgan fingerprint density at radius 1 is 1.03 bits per heavy atom. The molecule has 2 aromatic rings. The number of hydrogen-bond acceptors (Lipinski definition) is 6. The van der Waals surface area contributed by atoms with Crippen LogP contribution in [0.1, 0.15) is 55.1 Å². The number of amides is 1. The Morgan fingerprint density at radius 3 is 2.64 bits per heavy atom. The van der Waals surface area contributed by atoms with Gasteiger partial charge >= 0.3 is 5.97 Å². The minimum Gasteiger partial charge on any atom is -0.490 e. The van der Waals surface area contributed by atoms with Gasteiger partial charge in [-0.25, -0.2) is 0 Å². The summed E-state index contributed by atoms with van der Waals surface area (Å²) >= 11 is 0. The zero-order chi connectivity index (χ0) is 23.0. The second-order valence-electron chi connectivity index (χ2n) is 8.71. The van der Waals surface area contributed by atoms with Crippen molar-refractivity contribution in [2.75, 3.05) is 26.2 Å². The van der Waals surface area contributed by atoms with E-state index in [-0.39, 0.29) is 24.0 Å². The molecule has 2 saturated heterocycles. The third-order valence-corrected chi connectivity index (χ3v) is 6.37. The maximum atomic E-state index is 12.6. The molecule has 1 aromatic carbocycles. The molecule has 1 aromatic heterocycles. The Labute approximate surface area is 195 Å². The quantitative estimate of drug-likeness (QED) is 0.598. The van der Waals surface area contributed by atoms with Crippen LogP contribution in [0.2, 0.25) is 0 Å². The van der Waals surface area contributed by atoms with Crippen LogP contribution >= 0.6 is 0 Å². The number of likely N-dealkylation sites (tertiary alicyclic amines) is 2. The van der Waals surface area contributed by atoms with E-state index >= 15 is 0 Å². The van der Waals surface area contributed by atoms with Crippen LogP contribution in [-0.4, -0.2) is 65.0 Å². The van der Waals surface area contributed by atoms with Gasteiger partial charge in [0, 0.05) is 38.7 Å². The predicted octanol–water partition coefficient (Wildman–Crippen LogP) is 3.68. The number of esters is 1. The summed E-state index contributed by atoms with van der Waals surface area (Å²) in [4.78, 5) is 33.2. The highest BCUT2D eigenvalue weighted by atomic mass is 16.5. The molecule has 0 N–H and O–H groups in total. The van der Waals surface area contributed by atoms with Crippen LogP contribution in [0.4, 0.5) is 0 Å². The van der Waals surface area contributed by atoms with Gasteiger partial charge in [0.05, 0.1) is 6.61 Å². The van der Waals surface area contributed by atoms with E-state index in [1.54, 1.807) is 12.3 Å². The summed E-state index contributed by atoms with van der Waals surface area (Å²) in [6.07, 6.45) is 6.32. The standard InChI is InChI=1S/C26H33N3O4/c1-2-32-26(31)24-11-4-6-15-29(24)19-20-8-7-9-22(18-20)33-21-12-16-28(17-13-21)25(30)23-10-3-5-14-27-23/h3,5,7-10,14,18,21,24H,2,4,6,11-13,15-17,19H2,1H3/t24-/m1/s1. The predicted molar refractivity (Wildman–Crippen MR) is 125 cm³/mol. The zero-order valence-electron chi connectivity index (χ0n) is 19.3. The lowest BCUT2D eigenvalue weighted by Crippen LogP contribution is -2.44. The molecular weight excluding hydrogens is 418 g/mol. The lowest BCUT2D eigenvalue weighted by Gasteiger charge is -2.34. The second-order valence-corrected chi connectivity index (χ2v) is 8.71. The first-order valence-corrected chi connectivity index (χ1v) is 12.0. The maximum Gasteiger partial charge on any atom is 0.323 e. The molecular formula is C26H33N3O4. The fourth-order valence-electron chi connectivity index (χ4n) is 4.66. The molecule has 4 rings (SSSR count). The number of rotatable bonds is 7. The first-order chi connectivity index (χ1) is 16.1. The molecule has 0 aliphatic carbocycles. The highest BCUT2D eigenvalue weighted by Gasteiger charge is 2.30. The van der Waals surface area contributed by atoms with E-state index < -0.39 is 0 Å². The van der Waals surface area contributed by atoms with Crippen LogP contribution in [-0.2, 0) is 16.1 Å². The van der Waals surface area contributed by atoms with Crippen LogP contribution in [0.25, 0.3) is 0 Å². The monoisotopic (exact) mass is 451 g/mol. The Hall–Kier alpha value is -2.93. The summed E-state index contributed by atoms with van der Waals surface area (Å²) in [5.41, 5.74) is 1.62. The van der Waals surface area contributed by atoms with E-state index in [9.17, 15) is 9.59 Å². The summed E-state index contributed by atoms with van der Waals surface area (Å²) in [6.45, 7) is 5.20. The molecule has 1 amide bonds. The number of nitrogens with zero attached hydrogens (tertiary/aromatic N) is 3. The van der Waals surface area contributed by atoms with Crippen LogP contribution in [0.5, 0.6) is 5.75 Å². The van der Waals surface area contributed by atoms with Crippen LogP contribution in [0.15, 0.2) is 48.7 Å². The lowest BCUT2D eigenvalue weighted by atomic mass is 10.0. The molecule has 7 nitrogen and oxygen atoms in total. The van der Waals surface area contributed by atoms with Gasteiger partial charge in [0.25, 0.3) is 5.91 Å². The molecule has 3 heterocycles. The van der Waals surface area contributed by atoms with Gasteiger partial charge in [-0.3, -0.25) is 19.5 Å². The number of benzene rings is 1. The fraction of sp³-hybridized carbons (Fsp3) is 0.500. The summed E-state index contributed by atoms with van der Waals surface area (Å²) in [7, 11) is 0. The first-order valence-electron chi connectivity index (χ1n) is 12.0. The van der Waals surface area contributed by atoms with Crippen molar-refractivity contribution in [2.45, 2.75) is 57.7 Å². The van der Waals surface area contributed by atoms with Crippen LogP contribution in [0, 0.1) is 0 Å². The average molecular weight is 452 g/mol. The van der Waals surface area contributed by atoms with Gasteiger partial charge in [-0.15, -0.1) is 0 Å². The highest BCUT2D eigenvalue weighted by Crippen LogP contribution is 2.24. The average Bonchev–Trinajstić information content (AvgIpc) is 2.85. The summed E-state index contributed by atoms with van der Waals surface area (Å²) in [5, 5.41) is 0. The van der Waals surface area contributed by atoms with E-state index in [0.29, 0.717) is 31.9 Å². The molecule has 0 bridgehead atoms. The third kappa shape index (κ3) is 6.11. The van der Waals surface area contributed by atoms with Crippen LogP contribution in [0.3, 0.4) is 0 Å². The second kappa shape index (κ2) is 11.3. The molecule has 2 fully saturated rings. The van der Waals surface area contributed by atoms with Crippen molar-refractivity contribution < 1.29 is 19.1 Å². The molecule has 176 valence electrons. The van der Waals surface area contributed by atoms with Crippen molar-refractivity contribution in [3.8, 4) is 5.75 Å². The van der Waals surface area contributed by atoms with Crippen molar-refractivity contribution in [1.29, 1.82) is 0 Å². The molecule has 0 saturated carbocycles. The van der Waals surface area contributed by atoms with Gasteiger partial charge in [0.1, 0.15) is 23.6 Å². The number of piperidine rings is 2. The van der Waals surface area contributed by atoms with Gasteiger partial charge < -0.3 is 14.4 Å². The Morgan fingerprint density at radius 2 is 1.88 bits per heavy atom. The summed E-state index contributed by atoms with van der Waals surface area (Å²) in [6, 6.07) is 13.4. The normalized spacial score (nSPS) is 19.8. The minimum atomic E-state index is -0.163. The number of hydrogen-bond donors (Lipinski definition) is 0. The van der Waals surface area contributed by atoms with Crippen molar-refractivity contribution in [3.63, 3.8) is 0 Å². The zero-order valence-corrected chi connectivity index (χ0v) is 19.3. The molecule has 33 heavy (non-hydrogen) atoms. The number of ether oxygens (including phenoxy) is 2. The van der Waals surface area contributed by atoms with Gasteiger partial charge in [-0.1, -0.05) is 24.6 Å². The van der Waals surface area contributed by atoms with E-state index in [2.05, 4.69) is 22.0 Å². The summed E-state index contributed by atoms with van der Waals surface area (Å²) in [5.74, 6) is 0.706. The molecule has 7 heteroatoms. The Balaban J connectivity index is 1.31. The Bertz CT molecular complexity index is 928. The lowest BCUT2D eigenvalue weighted by molar-refractivity contribution is -0.151. The topological polar surface area (TPSA) is 72.0 Å². The largest absolute Gasteiger partial charge is 0.490 e. The SMILES string of the molecule is CCOC(=O)[C@H]1CCCCN1Cc1cccc(OC2CCN(C(=O)c3ccccn3)CC2)c1. The number of carbonyl (C=O) groups excluding carboxylic acids is 2. The van der Waals surface area contributed by atoms with E-state index in [1.165, 1.54) is 0 Å². The van der Waals surface area contributed by atoms with Crippen molar-refractivity contribution in [3.05, 3.63) is 59.9 Å². The van der Waals surface area contributed by atoms with Crippen molar-refractivity contribution in [2.24, 2.45) is 0 Å². The number of pyridine rings is 1. The van der Waals surface area contributed by atoms with Crippen molar-refractivity contribution >= 4 is 11.9 Å². The van der Waals surface area contributed by atoms with Crippen LogP contribution < -0.4 is 4.74 Å². The molecule has 0 unspecified atom stereocenters. The van der Waals surface area contributed by atoms with Gasteiger partial charge in [-0.05, 0) is 56.1 Å². The first kappa shape index (κ1) is 23.2. The molecule has 2 aliphatic heterocycles. The van der Waals surface area contributed by atoms with E-state index in [4.69, 9.17) is 9.47 Å². The third-order valence-electron chi connectivity index (χ3n) is 6.37. The van der Waals surface area contributed by atoms with Gasteiger partial charge in [0.2, 0.25) is 0 Å². The minimum absolute atomic E-state index is 0.0197. The molecule has 0 radical (unpaired) electrons. The number of aromatic nitrogens is 1. The molecule has 1 atom stereocenters.